The second kappa shape index (κ2) is 5.84. The summed E-state index contributed by atoms with van der Waals surface area (Å²) in [4.78, 5) is 15.7. The molecular weight excluding hydrogens is 230 g/mol. The number of rotatable bonds is 2. The molecule has 98 valence electrons. The van der Waals surface area contributed by atoms with Crippen molar-refractivity contribution < 1.29 is 9.53 Å². The van der Waals surface area contributed by atoms with Gasteiger partial charge in [-0.1, -0.05) is 12.1 Å². The summed E-state index contributed by atoms with van der Waals surface area (Å²) in [5.74, 6) is 0. The third-order valence-electron chi connectivity index (χ3n) is 3.13. The van der Waals surface area contributed by atoms with Crippen LogP contribution in [0.1, 0.15) is 5.56 Å². The third kappa shape index (κ3) is 2.80. The first-order valence-electron chi connectivity index (χ1n) is 6.12. The Morgan fingerprint density at radius 1 is 1.33 bits per heavy atom. The SMILES string of the molecule is CN(C(=O)N1CCOCC1)c1ccc(CN)cc1. The number of carbonyl (C=O) groups excluding carboxylic acids is 1. The van der Waals surface area contributed by atoms with Gasteiger partial charge in [0, 0.05) is 32.4 Å². The van der Waals surface area contributed by atoms with Crippen molar-refractivity contribution in [1.82, 2.24) is 4.90 Å². The van der Waals surface area contributed by atoms with Crippen molar-refractivity contribution in [2.45, 2.75) is 6.54 Å². The molecule has 2 rings (SSSR count). The molecular formula is C13H19N3O2. The number of hydrogen-bond acceptors (Lipinski definition) is 3. The molecule has 2 amide bonds. The average Bonchev–Trinajstić information content (AvgIpc) is 2.47. The lowest BCUT2D eigenvalue weighted by Gasteiger charge is -2.31. The van der Waals surface area contributed by atoms with Gasteiger partial charge in [0.15, 0.2) is 0 Å². The smallest absolute Gasteiger partial charge is 0.324 e. The van der Waals surface area contributed by atoms with Crippen LogP contribution in [0, 0.1) is 0 Å². The molecule has 5 nitrogen and oxygen atoms in total. The Bertz CT molecular complexity index is 399. The normalized spacial score (nSPS) is 15.6. The molecule has 0 atom stereocenters. The lowest BCUT2D eigenvalue weighted by molar-refractivity contribution is 0.0551. The van der Waals surface area contributed by atoms with Crippen LogP contribution in [-0.2, 0) is 11.3 Å². The van der Waals surface area contributed by atoms with Crippen LogP contribution < -0.4 is 10.6 Å². The Labute approximate surface area is 107 Å². The number of nitrogens with two attached hydrogens (primary N) is 1. The van der Waals surface area contributed by atoms with E-state index in [1.165, 1.54) is 0 Å². The number of urea groups is 1. The standard InChI is InChI=1S/C13H19N3O2/c1-15(12-4-2-11(10-14)3-5-12)13(17)16-6-8-18-9-7-16/h2-5H,6-10,14H2,1H3. The van der Waals surface area contributed by atoms with Gasteiger partial charge in [-0.25, -0.2) is 4.79 Å². The average molecular weight is 249 g/mol. The molecule has 18 heavy (non-hydrogen) atoms. The highest BCUT2D eigenvalue weighted by Crippen LogP contribution is 2.15. The van der Waals surface area contributed by atoms with Crippen LogP contribution in [-0.4, -0.2) is 44.3 Å². The van der Waals surface area contributed by atoms with Crippen molar-refractivity contribution in [2.24, 2.45) is 5.73 Å². The Hall–Kier alpha value is -1.59. The lowest BCUT2D eigenvalue weighted by atomic mass is 10.2. The Morgan fingerprint density at radius 3 is 2.50 bits per heavy atom. The summed E-state index contributed by atoms with van der Waals surface area (Å²) in [6.45, 7) is 3.06. The van der Waals surface area contributed by atoms with Crippen LogP contribution in [0.15, 0.2) is 24.3 Å². The van der Waals surface area contributed by atoms with E-state index in [4.69, 9.17) is 10.5 Å². The van der Waals surface area contributed by atoms with Crippen LogP contribution >= 0.6 is 0 Å². The Balaban J connectivity index is 2.04. The molecule has 1 heterocycles. The Kier molecular flexibility index (Phi) is 4.17. The monoisotopic (exact) mass is 249 g/mol. The zero-order valence-corrected chi connectivity index (χ0v) is 10.6. The van der Waals surface area contributed by atoms with E-state index in [0.717, 1.165) is 11.3 Å². The first-order chi connectivity index (χ1) is 8.72. The summed E-state index contributed by atoms with van der Waals surface area (Å²) in [7, 11) is 1.79. The molecule has 1 saturated heterocycles. The number of hydrogen-bond donors (Lipinski definition) is 1. The Morgan fingerprint density at radius 2 is 1.94 bits per heavy atom. The van der Waals surface area contributed by atoms with Crippen molar-refractivity contribution in [3.63, 3.8) is 0 Å². The van der Waals surface area contributed by atoms with Gasteiger partial charge in [-0.2, -0.15) is 0 Å². The van der Waals surface area contributed by atoms with E-state index in [0.29, 0.717) is 32.8 Å². The fourth-order valence-corrected chi connectivity index (χ4v) is 1.93. The van der Waals surface area contributed by atoms with E-state index < -0.39 is 0 Å². The summed E-state index contributed by atoms with van der Waals surface area (Å²) < 4.78 is 5.24. The zero-order valence-electron chi connectivity index (χ0n) is 10.6. The maximum atomic E-state index is 12.2. The van der Waals surface area contributed by atoms with Crippen LogP contribution in [0.5, 0.6) is 0 Å². The summed E-state index contributed by atoms with van der Waals surface area (Å²) in [6, 6.07) is 7.73. The summed E-state index contributed by atoms with van der Waals surface area (Å²) >= 11 is 0. The third-order valence-corrected chi connectivity index (χ3v) is 3.13. The first-order valence-corrected chi connectivity index (χ1v) is 6.12. The minimum absolute atomic E-state index is 0.0128. The number of ether oxygens (including phenoxy) is 1. The van der Waals surface area contributed by atoms with E-state index in [2.05, 4.69) is 0 Å². The predicted octanol–water partition coefficient (Wildman–Crippen LogP) is 1.03. The highest BCUT2D eigenvalue weighted by Gasteiger charge is 2.21. The van der Waals surface area contributed by atoms with Gasteiger partial charge >= 0.3 is 6.03 Å². The van der Waals surface area contributed by atoms with Crippen LogP contribution in [0.25, 0.3) is 0 Å². The minimum atomic E-state index is 0.0128. The fraction of sp³-hybridized carbons (Fsp3) is 0.462. The molecule has 1 aliphatic heterocycles. The summed E-state index contributed by atoms with van der Waals surface area (Å²) in [5, 5.41) is 0. The van der Waals surface area contributed by atoms with E-state index in [1.807, 2.05) is 24.3 Å². The molecule has 0 saturated carbocycles. The number of nitrogens with zero attached hydrogens (tertiary/aromatic N) is 2. The highest BCUT2D eigenvalue weighted by atomic mass is 16.5. The molecule has 1 aromatic carbocycles. The van der Waals surface area contributed by atoms with Gasteiger partial charge in [-0.15, -0.1) is 0 Å². The maximum Gasteiger partial charge on any atom is 0.324 e. The molecule has 0 radical (unpaired) electrons. The number of morpholine rings is 1. The maximum absolute atomic E-state index is 12.2. The molecule has 0 unspecified atom stereocenters. The van der Waals surface area contributed by atoms with Crippen molar-refractivity contribution >= 4 is 11.7 Å². The van der Waals surface area contributed by atoms with E-state index in [9.17, 15) is 4.79 Å². The molecule has 0 aliphatic carbocycles. The molecule has 1 fully saturated rings. The number of carbonyl (C=O) groups is 1. The van der Waals surface area contributed by atoms with Crippen molar-refractivity contribution in [1.29, 1.82) is 0 Å². The second-order valence-electron chi connectivity index (χ2n) is 4.31. The predicted molar refractivity (Wildman–Crippen MR) is 70.5 cm³/mol. The van der Waals surface area contributed by atoms with Gasteiger partial charge in [0.05, 0.1) is 13.2 Å². The number of benzene rings is 1. The van der Waals surface area contributed by atoms with Gasteiger partial charge in [0.2, 0.25) is 0 Å². The lowest BCUT2D eigenvalue weighted by Crippen LogP contribution is -2.47. The van der Waals surface area contributed by atoms with Crippen LogP contribution in [0.2, 0.25) is 0 Å². The topological polar surface area (TPSA) is 58.8 Å². The van der Waals surface area contributed by atoms with Crippen molar-refractivity contribution in [3.05, 3.63) is 29.8 Å². The first kappa shape index (κ1) is 12.9. The minimum Gasteiger partial charge on any atom is -0.378 e. The molecule has 5 heteroatoms. The number of anilines is 1. The van der Waals surface area contributed by atoms with Crippen molar-refractivity contribution in [2.75, 3.05) is 38.3 Å². The largest absolute Gasteiger partial charge is 0.378 e. The molecule has 2 N–H and O–H groups in total. The van der Waals surface area contributed by atoms with Crippen molar-refractivity contribution in [3.8, 4) is 0 Å². The van der Waals surface area contributed by atoms with Gasteiger partial charge < -0.3 is 15.4 Å². The van der Waals surface area contributed by atoms with E-state index in [1.54, 1.807) is 16.8 Å². The molecule has 0 aromatic heterocycles. The van der Waals surface area contributed by atoms with E-state index >= 15 is 0 Å². The quantitative estimate of drug-likeness (QED) is 0.851. The van der Waals surface area contributed by atoms with Crippen LogP contribution in [0.4, 0.5) is 10.5 Å². The fourth-order valence-electron chi connectivity index (χ4n) is 1.93. The van der Waals surface area contributed by atoms with Gasteiger partial charge in [0.25, 0.3) is 0 Å². The molecule has 0 bridgehead atoms. The second-order valence-corrected chi connectivity index (χ2v) is 4.31. The summed E-state index contributed by atoms with van der Waals surface area (Å²) in [6.07, 6.45) is 0. The molecule has 1 aliphatic rings. The van der Waals surface area contributed by atoms with E-state index in [-0.39, 0.29) is 6.03 Å². The molecule has 0 spiro atoms. The van der Waals surface area contributed by atoms with Gasteiger partial charge in [-0.3, -0.25) is 4.90 Å². The van der Waals surface area contributed by atoms with Gasteiger partial charge in [0.1, 0.15) is 0 Å². The molecule has 1 aromatic rings. The zero-order chi connectivity index (χ0) is 13.0. The van der Waals surface area contributed by atoms with Gasteiger partial charge in [-0.05, 0) is 17.7 Å². The van der Waals surface area contributed by atoms with Crippen LogP contribution in [0.3, 0.4) is 0 Å². The highest BCUT2D eigenvalue weighted by molar-refractivity contribution is 5.91. The number of amides is 2. The summed E-state index contributed by atoms with van der Waals surface area (Å²) in [5.41, 5.74) is 7.49.